The maximum Gasteiger partial charge on any atom is 0.276 e. The number of ether oxygens (including phenoxy) is 1. The van der Waals surface area contributed by atoms with E-state index in [1.54, 1.807) is 0 Å². The van der Waals surface area contributed by atoms with E-state index in [9.17, 15) is 4.79 Å². The van der Waals surface area contributed by atoms with Crippen LogP contribution in [0.4, 0.5) is 4.79 Å². The van der Waals surface area contributed by atoms with Gasteiger partial charge in [0.1, 0.15) is 0 Å². The van der Waals surface area contributed by atoms with E-state index in [1.165, 1.54) is 0 Å². The van der Waals surface area contributed by atoms with Crippen LogP contribution in [0.5, 0.6) is 0 Å². The van der Waals surface area contributed by atoms with Gasteiger partial charge in [-0.15, -0.1) is 0 Å². The molecule has 0 unspecified atom stereocenters. The van der Waals surface area contributed by atoms with E-state index in [2.05, 4.69) is 17.9 Å². The highest BCUT2D eigenvalue weighted by molar-refractivity contribution is 7.96. The quantitative estimate of drug-likeness (QED) is 0.469. The Hall–Kier alpha value is -0.220. The number of carbonyl (C=O) groups excluding carboxylic acids is 1. The van der Waals surface area contributed by atoms with Crippen LogP contribution in [0, 0.1) is 0 Å². The van der Waals surface area contributed by atoms with Gasteiger partial charge in [-0.3, -0.25) is 4.79 Å². The first kappa shape index (κ1) is 9.78. The van der Waals surface area contributed by atoms with Gasteiger partial charge in [-0.25, -0.2) is 0 Å². The van der Waals surface area contributed by atoms with Crippen LogP contribution in [0.25, 0.3) is 0 Å². The maximum atomic E-state index is 10.2. The molecule has 60 valence electrons. The predicted molar refractivity (Wildman–Crippen MR) is 43.5 cm³/mol. The van der Waals surface area contributed by atoms with E-state index in [-0.39, 0.29) is 5.24 Å². The fourth-order valence-corrected chi connectivity index (χ4v) is 0.588. The molecule has 0 heterocycles. The average Bonchev–Trinajstić information content (AvgIpc) is 1.87. The van der Waals surface area contributed by atoms with E-state index in [0.717, 1.165) is 13.0 Å². The standard InChI is InChI=1S/C6H13NO2S/c1-2-4-9-5-3-7-6(8)10/h2-5H2,1H3,(H2,7,8,10). The number of rotatable bonds is 5. The van der Waals surface area contributed by atoms with Gasteiger partial charge in [0.05, 0.1) is 6.61 Å². The Morgan fingerprint density at radius 1 is 1.60 bits per heavy atom. The first-order valence-electron chi connectivity index (χ1n) is 3.32. The number of amides is 1. The van der Waals surface area contributed by atoms with Crippen LogP contribution in [-0.4, -0.2) is 25.0 Å². The molecule has 1 N–H and O–H groups in total. The Bertz CT molecular complexity index is 97.7. The van der Waals surface area contributed by atoms with Gasteiger partial charge < -0.3 is 10.1 Å². The van der Waals surface area contributed by atoms with Crippen LogP contribution < -0.4 is 5.32 Å². The van der Waals surface area contributed by atoms with E-state index in [1.807, 2.05) is 6.92 Å². The molecule has 0 aliphatic heterocycles. The molecule has 1 amide bonds. The monoisotopic (exact) mass is 163 g/mol. The van der Waals surface area contributed by atoms with E-state index in [4.69, 9.17) is 4.74 Å². The summed E-state index contributed by atoms with van der Waals surface area (Å²) >= 11 is 3.52. The molecule has 0 saturated heterocycles. The molecule has 10 heavy (non-hydrogen) atoms. The number of nitrogens with one attached hydrogen (secondary N) is 1. The Morgan fingerprint density at radius 3 is 2.80 bits per heavy atom. The lowest BCUT2D eigenvalue weighted by molar-refractivity contribution is 0.138. The lowest BCUT2D eigenvalue weighted by atomic mass is 10.5. The second-order valence-corrected chi connectivity index (χ2v) is 2.25. The second kappa shape index (κ2) is 6.89. The highest BCUT2D eigenvalue weighted by Crippen LogP contribution is 1.79. The minimum absolute atomic E-state index is 0.305. The molecule has 0 aromatic heterocycles. The zero-order valence-corrected chi connectivity index (χ0v) is 6.99. The highest BCUT2D eigenvalue weighted by Gasteiger charge is 1.89. The Morgan fingerprint density at radius 2 is 2.30 bits per heavy atom. The largest absolute Gasteiger partial charge is 0.380 e. The van der Waals surface area contributed by atoms with Crippen molar-refractivity contribution in [3.63, 3.8) is 0 Å². The number of carbonyl (C=O) groups is 1. The molecule has 0 atom stereocenters. The first-order chi connectivity index (χ1) is 4.77. The van der Waals surface area contributed by atoms with Gasteiger partial charge in [0.15, 0.2) is 0 Å². The molecule has 0 aliphatic rings. The van der Waals surface area contributed by atoms with Crippen LogP contribution in [0.2, 0.25) is 0 Å². The number of hydrogen-bond acceptors (Lipinski definition) is 2. The minimum Gasteiger partial charge on any atom is -0.380 e. The third-order valence-corrected chi connectivity index (χ3v) is 1.03. The maximum absolute atomic E-state index is 10.2. The van der Waals surface area contributed by atoms with Crippen LogP contribution in [0.15, 0.2) is 0 Å². The van der Waals surface area contributed by atoms with Crippen molar-refractivity contribution in [3.05, 3.63) is 0 Å². The van der Waals surface area contributed by atoms with Gasteiger partial charge in [-0.1, -0.05) is 19.6 Å². The summed E-state index contributed by atoms with van der Waals surface area (Å²) < 4.78 is 5.08. The smallest absolute Gasteiger partial charge is 0.276 e. The number of hydrogen-bond donors (Lipinski definition) is 2. The van der Waals surface area contributed by atoms with Gasteiger partial charge in [-0.2, -0.15) is 0 Å². The Kier molecular flexibility index (Phi) is 6.74. The van der Waals surface area contributed by atoms with Crippen molar-refractivity contribution >= 4 is 17.9 Å². The lowest BCUT2D eigenvalue weighted by Crippen LogP contribution is -2.21. The SMILES string of the molecule is CCCOCCNC(=O)S. The summed E-state index contributed by atoms with van der Waals surface area (Å²) in [5, 5.41) is 2.20. The summed E-state index contributed by atoms with van der Waals surface area (Å²) in [4.78, 5) is 10.2. The molecule has 0 bridgehead atoms. The van der Waals surface area contributed by atoms with Crippen LogP contribution in [-0.2, 0) is 4.74 Å². The first-order valence-corrected chi connectivity index (χ1v) is 3.76. The summed E-state index contributed by atoms with van der Waals surface area (Å²) in [5.41, 5.74) is 0. The summed E-state index contributed by atoms with van der Waals surface area (Å²) in [5.74, 6) is 0. The molecule has 0 saturated carbocycles. The van der Waals surface area contributed by atoms with Crippen molar-refractivity contribution in [1.29, 1.82) is 0 Å². The van der Waals surface area contributed by atoms with Crippen LogP contribution >= 0.6 is 12.6 Å². The molecule has 0 radical (unpaired) electrons. The summed E-state index contributed by atoms with van der Waals surface area (Å²) in [6, 6.07) is 0. The van der Waals surface area contributed by atoms with Gasteiger partial charge in [0.25, 0.3) is 5.24 Å². The molecule has 0 rings (SSSR count). The normalized spacial score (nSPS) is 9.40. The molecule has 0 aromatic carbocycles. The molecule has 3 nitrogen and oxygen atoms in total. The third kappa shape index (κ3) is 7.78. The van der Waals surface area contributed by atoms with E-state index >= 15 is 0 Å². The van der Waals surface area contributed by atoms with Crippen LogP contribution in [0.3, 0.4) is 0 Å². The molecule has 4 heteroatoms. The van der Waals surface area contributed by atoms with Crippen molar-refractivity contribution in [2.45, 2.75) is 13.3 Å². The molecule has 0 aromatic rings. The topological polar surface area (TPSA) is 38.3 Å². The summed E-state index contributed by atoms with van der Waals surface area (Å²) in [6.07, 6.45) is 1.01. The fourth-order valence-electron chi connectivity index (χ4n) is 0.477. The zero-order chi connectivity index (χ0) is 7.82. The molecular formula is C6H13NO2S. The summed E-state index contributed by atoms with van der Waals surface area (Å²) in [7, 11) is 0. The molecule has 0 fully saturated rings. The van der Waals surface area contributed by atoms with Gasteiger partial charge in [-0.05, 0) is 6.42 Å². The molecule has 0 spiro atoms. The van der Waals surface area contributed by atoms with Crippen molar-refractivity contribution in [1.82, 2.24) is 5.32 Å². The lowest BCUT2D eigenvalue weighted by Gasteiger charge is -2.01. The summed E-state index contributed by atoms with van der Waals surface area (Å²) in [6.45, 7) is 3.90. The van der Waals surface area contributed by atoms with Crippen molar-refractivity contribution in [2.75, 3.05) is 19.8 Å². The van der Waals surface area contributed by atoms with Crippen molar-refractivity contribution in [2.24, 2.45) is 0 Å². The van der Waals surface area contributed by atoms with Gasteiger partial charge >= 0.3 is 0 Å². The second-order valence-electron chi connectivity index (χ2n) is 1.84. The van der Waals surface area contributed by atoms with E-state index < -0.39 is 0 Å². The van der Waals surface area contributed by atoms with Gasteiger partial charge in [0, 0.05) is 13.2 Å². The van der Waals surface area contributed by atoms with Crippen molar-refractivity contribution in [3.8, 4) is 0 Å². The fraction of sp³-hybridized carbons (Fsp3) is 0.833. The highest BCUT2D eigenvalue weighted by atomic mass is 32.1. The van der Waals surface area contributed by atoms with Crippen LogP contribution in [0.1, 0.15) is 13.3 Å². The Labute approximate surface area is 66.5 Å². The molecule has 0 aliphatic carbocycles. The van der Waals surface area contributed by atoms with E-state index in [0.29, 0.717) is 13.2 Å². The average molecular weight is 163 g/mol. The number of thiol groups is 1. The Balaban J connectivity index is 2.84. The van der Waals surface area contributed by atoms with Gasteiger partial charge in [0.2, 0.25) is 0 Å². The molecular weight excluding hydrogens is 150 g/mol. The minimum atomic E-state index is -0.305. The third-order valence-electron chi connectivity index (χ3n) is 0.871. The van der Waals surface area contributed by atoms with Crippen molar-refractivity contribution < 1.29 is 9.53 Å². The zero-order valence-electron chi connectivity index (χ0n) is 6.09. The predicted octanol–water partition coefficient (Wildman–Crippen LogP) is 1.05.